The molecule has 0 unspecified atom stereocenters. The predicted molar refractivity (Wildman–Crippen MR) is 134 cm³/mol. The average molecular weight is 461 g/mol. The number of rotatable bonds is 6. The number of fused-ring (bicyclic) bond motifs is 1. The van der Waals surface area contributed by atoms with Crippen LogP contribution in [0.15, 0.2) is 36.8 Å². The summed E-state index contributed by atoms with van der Waals surface area (Å²) in [5.74, 6) is 0.998. The highest BCUT2D eigenvalue weighted by Gasteiger charge is 2.19. The molecule has 4 N–H and O–H groups in total. The third-order valence-electron chi connectivity index (χ3n) is 5.45. The Morgan fingerprint density at radius 2 is 1.88 bits per heavy atom. The summed E-state index contributed by atoms with van der Waals surface area (Å²) in [6.07, 6.45) is 5.87. The third-order valence-corrected chi connectivity index (χ3v) is 5.45. The van der Waals surface area contributed by atoms with Gasteiger partial charge >= 0.3 is 0 Å². The van der Waals surface area contributed by atoms with Gasteiger partial charge in [-0.1, -0.05) is 26.8 Å². The smallest absolute Gasteiger partial charge is 0.256 e. The number of nitrogens with zero attached hydrogens (tertiary/aromatic N) is 4. The van der Waals surface area contributed by atoms with E-state index >= 15 is 0 Å². The standard InChI is InChI=1S/C25H32N8O/c1-15(2)29-23(34)19-12-28-24(30-18-7-6-17-11-26-9-8-16(17)10-18)33-22(19)32-21-14-27-13-20(31-21)25(3,4)5/h6-7,10,12-15,26H,8-9,11H2,1-5H3,(H,29,34)(H2,28,30,31,32,33). The van der Waals surface area contributed by atoms with Gasteiger partial charge in [0.25, 0.3) is 5.91 Å². The van der Waals surface area contributed by atoms with Gasteiger partial charge in [0, 0.05) is 36.1 Å². The molecule has 0 radical (unpaired) electrons. The van der Waals surface area contributed by atoms with Crippen LogP contribution >= 0.6 is 0 Å². The van der Waals surface area contributed by atoms with Crippen LogP contribution in [0.2, 0.25) is 0 Å². The molecule has 1 aromatic carbocycles. The highest BCUT2D eigenvalue weighted by atomic mass is 16.1. The Labute approximate surface area is 200 Å². The molecular formula is C25H32N8O. The van der Waals surface area contributed by atoms with Gasteiger partial charge in [-0.2, -0.15) is 4.98 Å². The van der Waals surface area contributed by atoms with Crippen LogP contribution in [0.5, 0.6) is 0 Å². The molecule has 34 heavy (non-hydrogen) atoms. The quantitative estimate of drug-likeness (QED) is 0.438. The van der Waals surface area contributed by atoms with Gasteiger partial charge in [-0.25, -0.2) is 9.97 Å². The van der Waals surface area contributed by atoms with Gasteiger partial charge in [0.1, 0.15) is 17.2 Å². The van der Waals surface area contributed by atoms with E-state index in [0.29, 0.717) is 23.1 Å². The van der Waals surface area contributed by atoms with Crippen LogP contribution in [0.3, 0.4) is 0 Å². The number of aromatic nitrogens is 4. The van der Waals surface area contributed by atoms with Crippen molar-refractivity contribution in [2.75, 3.05) is 17.2 Å². The summed E-state index contributed by atoms with van der Waals surface area (Å²) in [6, 6.07) is 6.23. The molecule has 0 fully saturated rings. The maximum atomic E-state index is 12.8. The van der Waals surface area contributed by atoms with Gasteiger partial charge in [-0.3, -0.25) is 9.78 Å². The van der Waals surface area contributed by atoms with E-state index in [1.54, 1.807) is 12.4 Å². The molecule has 0 saturated heterocycles. The normalized spacial score (nSPS) is 13.4. The average Bonchev–Trinajstić information content (AvgIpc) is 2.78. The maximum Gasteiger partial charge on any atom is 0.256 e. The highest BCUT2D eigenvalue weighted by Crippen LogP contribution is 2.25. The van der Waals surface area contributed by atoms with E-state index in [0.717, 1.165) is 30.9 Å². The fraction of sp³-hybridized carbons (Fsp3) is 0.400. The first-order valence-corrected chi connectivity index (χ1v) is 11.6. The van der Waals surface area contributed by atoms with E-state index < -0.39 is 0 Å². The molecule has 0 saturated carbocycles. The van der Waals surface area contributed by atoms with Crippen molar-refractivity contribution >= 4 is 29.2 Å². The number of carbonyl (C=O) groups is 1. The van der Waals surface area contributed by atoms with Gasteiger partial charge in [0.15, 0.2) is 0 Å². The van der Waals surface area contributed by atoms with Gasteiger partial charge in [0.05, 0.1) is 11.9 Å². The van der Waals surface area contributed by atoms with E-state index in [9.17, 15) is 4.79 Å². The molecule has 4 rings (SSSR count). The number of hydrogen-bond donors (Lipinski definition) is 4. The van der Waals surface area contributed by atoms with Crippen LogP contribution in [-0.2, 0) is 18.4 Å². The van der Waals surface area contributed by atoms with Crippen LogP contribution in [0.1, 0.15) is 61.8 Å². The molecule has 0 bridgehead atoms. The first-order valence-electron chi connectivity index (χ1n) is 11.6. The number of hydrogen-bond acceptors (Lipinski definition) is 8. The molecular weight excluding hydrogens is 428 g/mol. The zero-order chi connectivity index (χ0) is 24.3. The van der Waals surface area contributed by atoms with Crippen molar-refractivity contribution in [2.45, 2.75) is 59.0 Å². The summed E-state index contributed by atoms with van der Waals surface area (Å²) in [4.78, 5) is 30.8. The van der Waals surface area contributed by atoms with Crippen molar-refractivity contribution in [1.29, 1.82) is 0 Å². The first-order chi connectivity index (χ1) is 16.2. The van der Waals surface area contributed by atoms with E-state index in [-0.39, 0.29) is 17.4 Å². The van der Waals surface area contributed by atoms with Crippen LogP contribution in [0.25, 0.3) is 0 Å². The summed E-state index contributed by atoms with van der Waals surface area (Å²) in [7, 11) is 0. The number of benzene rings is 1. The molecule has 3 aromatic rings. The van der Waals surface area contributed by atoms with Crippen molar-refractivity contribution in [3.8, 4) is 0 Å². The molecule has 1 aliphatic heterocycles. The Balaban J connectivity index is 1.65. The molecule has 0 aliphatic carbocycles. The van der Waals surface area contributed by atoms with E-state index in [1.807, 2.05) is 19.9 Å². The topological polar surface area (TPSA) is 117 Å². The lowest BCUT2D eigenvalue weighted by atomic mass is 9.93. The number of amides is 1. The maximum absolute atomic E-state index is 12.8. The Kier molecular flexibility index (Phi) is 6.74. The SMILES string of the molecule is CC(C)NC(=O)c1cnc(Nc2ccc3c(c2)CCNC3)nc1Nc1cncc(C(C)(C)C)n1. The summed E-state index contributed by atoms with van der Waals surface area (Å²) in [5.41, 5.74) is 4.52. The Morgan fingerprint density at radius 3 is 2.65 bits per heavy atom. The minimum Gasteiger partial charge on any atom is -0.350 e. The van der Waals surface area contributed by atoms with Crippen molar-refractivity contribution < 1.29 is 4.79 Å². The van der Waals surface area contributed by atoms with Crippen molar-refractivity contribution in [3.63, 3.8) is 0 Å². The second kappa shape index (κ2) is 9.72. The van der Waals surface area contributed by atoms with Crippen LogP contribution in [0.4, 0.5) is 23.3 Å². The molecule has 0 atom stereocenters. The van der Waals surface area contributed by atoms with Gasteiger partial charge in [-0.15, -0.1) is 0 Å². The van der Waals surface area contributed by atoms with Crippen LogP contribution < -0.4 is 21.3 Å². The number of nitrogens with one attached hydrogen (secondary N) is 4. The number of carbonyl (C=O) groups excluding carboxylic acids is 1. The lowest BCUT2D eigenvalue weighted by Gasteiger charge is -2.19. The Hall–Kier alpha value is -3.59. The monoisotopic (exact) mass is 460 g/mol. The third kappa shape index (κ3) is 5.66. The lowest BCUT2D eigenvalue weighted by Crippen LogP contribution is -2.31. The molecule has 3 heterocycles. The van der Waals surface area contributed by atoms with Gasteiger partial charge < -0.3 is 21.3 Å². The summed E-state index contributed by atoms with van der Waals surface area (Å²) >= 11 is 0. The zero-order valence-corrected chi connectivity index (χ0v) is 20.4. The van der Waals surface area contributed by atoms with E-state index in [2.05, 4.69) is 74.1 Å². The fourth-order valence-corrected chi connectivity index (χ4v) is 3.64. The molecule has 9 heteroatoms. The highest BCUT2D eigenvalue weighted by molar-refractivity contribution is 5.99. The van der Waals surface area contributed by atoms with Crippen molar-refractivity contribution in [1.82, 2.24) is 30.6 Å². The molecule has 0 spiro atoms. The largest absolute Gasteiger partial charge is 0.350 e. The molecule has 1 amide bonds. The van der Waals surface area contributed by atoms with Gasteiger partial charge in [-0.05, 0) is 50.1 Å². The Morgan fingerprint density at radius 1 is 1.06 bits per heavy atom. The second-order valence-corrected chi connectivity index (χ2v) is 9.78. The minimum absolute atomic E-state index is 0.0212. The fourth-order valence-electron chi connectivity index (χ4n) is 3.64. The summed E-state index contributed by atoms with van der Waals surface area (Å²) in [6.45, 7) is 11.9. The molecule has 1 aliphatic rings. The predicted octanol–water partition coefficient (Wildman–Crippen LogP) is 3.84. The Bertz CT molecular complexity index is 1190. The second-order valence-electron chi connectivity index (χ2n) is 9.78. The zero-order valence-electron chi connectivity index (χ0n) is 20.4. The summed E-state index contributed by atoms with van der Waals surface area (Å²) in [5, 5.41) is 12.7. The lowest BCUT2D eigenvalue weighted by molar-refractivity contribution is 0.0943. The first kappa shape index (κ1) is 23.6. The summed E-state index contributed by atoms with van der Waals surface area (Å²) < 4.78 is 0. The van der Waals surface area contributed by atoms with E-state index in [4.69, 9.17) is 0 Å². The molecule has 9 nitrogen and oxygen atoms in total. The molecule has 2 aromatic heterocycles. The van der Waals surface area contributed by atoms with Crippen molar-refractivity contribution in [3.05, 3.63) is 59.2 Å². The van der Waals surface area contributed by atoms with Gasteiger partial charge in [0.2, 0.25) is 5.95 Å². The molecule has 178 valence electrons. The van der Waals surface area contributed by atoms with E-state index in [1.165, 1.54) is 17.3 Å². The minimum atomic E-state index is -0.259. The van der Waals surface area contributed by atoms with Crippen LogP contribution in [0, 0.1) is 0 Å². The number of anilines is 4. The van der Waals surface area contributed by atoms with Crippen LogP contribution in [-0.4, -0.2) is 38.4 Å². The van der Waals surface area contributed by atoms with Crippen molar-refractivity contribution in [2.24, 2.45) is 0 Å².